The highest BCUT2D eigenvalue weighted by molar-refractivity contribution is 7.28. The van der Waals surface area contributed by atoms with Crippen LogP contribution in [0.4, 0.5) is 0 Å². The molecule has 0 amide bonds. The van der Waals surface area contributed by atoms with Crippen molar-refractivity contribution in [3.8, 4) is 11.5 Å². The highest BCUT2D eigenvalue weighted by atomic mass is 32.1. The summed E-state index contributed by atoms with van der Waals surface area (Å²) in [5, 5.41) is 2.04. The average molecular weight is 318 g/mol. The van der Waals surface area contributed by atoms with E-state index < -0.39 is 0 Å². The molecule has 0 unspecified atom stereocenters. The van der Waals surface area contributed by atoms with E-state index in [9.17, 15) is 4.79 Å². The Morgan fingerprint density at radius 2 is 1.76 bits per heavy atom. The zero-order valence-electron chi connectivity index (χ0n) is 11.9. The number of hydrogen-bond donors (Lipinski definition) is 0. The Bertz CT molecular complexity index is 786. The van der Waals surface area contributed by atoms with Crippen molar-refractivity contribution in [1.29, 1.82) is 0 Å². The predicted molar refractivity (Wildman–Crippen MR) is 87.4 cm³/mol. The van der Waals surface area contributed by atoms with Gasteiger partial charge in [0.2, 0.25) is 5.78 Å². The second kappa shape index (κ2) is 5.50. The van der Waals surface area contributed by atoms with Crippen molar-refractivity contribution in [3.05, 3.63) is 45.6 Å². The Labute approximate surface area is 130 Å². The normalized spacial score (nSPS) is 10.8. The van der Waals surface area contributed by atoms with Crippen LogP contribution in [0.5, 0.6) is 11.5 Å². The van der Waals surface area contributed by atoms with E-state index in [1.807, 2.05) is 30.5 Å². The molecule has 5 heteroatoms. The molecular formula is C16H14O3S2. The highest BCUT2D eigenvalue weighted by Crippen LogP contribution is 2.35. The summed E-state index contributed by atoms with van der Waals surface area (Å²) in [6, 6.07) is 7.60. The molecule has 0 aliphatic heterocycles. The van der Waals surface area contributed by atoms with Gasteiger partial charge in [-0.05, 0) is 42.1 Å². The summed E-state index contributed by atoms with van der Waals surface area (Å²) in [6.45, 7) is 1.91. The maximum absolute atomic E-state index is 12.7. The lowest BCUT2D eigenvalue weighted by Gasteiger charge is -2.11. The second-order valence-electron chi connectivity index (χ2n) is 4.61. The maximum atomic E-state index is 12.7. The van der Waals surface area contributed by atoms with E-state index in [-0.39, 0.29) is 5.78 Å². The third kappa shape index (κ3) is 2.43. The minimum atomic E-state index is 0.0295. The van der Waals surface area contributed by atoms with Gasteiger partial charge >= 0.3 is 0 Å². The number of benzene rings is 1. The standard InChI is InChI=1S/C16H14O3S2/c1-9-6-11(18-2)12(19-3)7-10(9)16(17)15-8-14-13(21-15)4-5-20-14/h4-8H,1-3H3. The molecule has 0 spiro atoms. The number of fused-ring (bicyclic) bond motifs is 1. The number of thiophene rings is 2. The summed E-state index contributed by atoms with van der Waals surface area (Å²) >= 11 is 3.18. The molecule has 3 aromatic rings. The van der Waals surface area contributed by atoms with Crippen molar-refractivity contribution >= 4 is 37.9 Å². The number of ether oxygens (including phenoxy) is 2. The van der Waals surface area contributed by atoms with Gasteiger partial charge in [-0.1, -0.05) is 0 Å². The van der Waals surface area contributed by atoms with Crippen molar-refractivity contribution in [2.24, 2.45) is 0 Å². The Balaban J connectivity index is 2.06. The fourth-order valence-electron chi connectivity index (χ4n) is 2.24. The lowest BCUT2D eigenvalue weighted by atomic mass is 10.0. The maximum Gasteiger partial charge on any atom is 0.203 e. The van der Waals surface area contributed by atoms with Crippen LogP contribution >= 0.6 is 22.7 Å². The molecule has 0 aliphatic rings. The van der Waals surface area contributed by atoms with Crippen molar-refractivity contribution in [3.63, 3.8) is 0 Å². The van der Waals surface area contributed by atoms with E-state index in [4.69, 9.17) is 9.47 Å². The molecule has 0 saturated heterocycles. The fraction of sp³-hybridized carbons (Fsp3) is 0.188. The molecule has 3 rings (SSSR count). The third-order valence-electron chi connectivity index (χ3n) is 3.34. The first-order valence-corrected chi connectivity index (χ1v) is 8.08. The number of carbonyl (C=O) groups is 1. The van der Waals surface area contributed by atoms with Gasteiger partial charge in [0.05, 0.1) is 19.1 Å². The molecular weight excluding hydrogens is 304 g/mol. The SMILES string of the molecule is COc1cc(C)c(C(=O)c2cc3sccc3s2)cc1OC. The summed E-state index contributed by atoms with van der Waals surface area (Å²) in [4.78, 5) is 13.5. The monoisotopic (exact) mass is 318 g/mol. The van der Waals surface area contributed by atoms with E-state index in [1.165, 1.54) is 11.3 Å². The van der Waals surface area contributed by atoms with Crippen molar-refractivity contribution in [2.75, 3.05) is 14.2 Å². The van der Waals surface area contributed by atoms with Crippen LogP contribution in [-0.2, 0) is 0 Å². The number of methoxy groups -OCH3 is 2. The molecule has 1 aromatic carbocycles. The molecule has 0 bridgehead atoms. The summed E-state index contributed by atoms with van der Waals surface area (Å²) in [6.07, 6.45) is 0. The van der Waals surface area contributed by atoms with Gasteiger partial charge in [-0.15, -0.1) is 22.7 Å². The first kappa shape index (κ1) is 14.1. The van der Waals surface area contributed by atoms with E-state index >= 15 is 0 Å². The zero-order chi connectivity index (χ0) is 15.0. The van der Waals surface area contributed by atoms with Gasteiger partial charge in [0.15, 0.2) is 11.5 Å². The lowest BCUT2D eigenvalue weighted by Crippen LogP contribution is -2.03. The average Bonchev–Trinajstić information content (AvgIpc) is 3.07. The van der Waals surface area contributed by atoms with Crippen LogP contribution in [0.3, 0.4) is 0 Å². The van der Waals surface area contributed by atoms with Crippen molar-refractivity contribution in [1.82, 2.24) is 0 Å². The highest BCUT2D eigenvalue weighted by Gasteiger charge is 2.18. The molecule has 2 aromatic heterocycles. The number of aryl methyl sites for hydroxylation is 1. The van der Waals surface area contributed by atoms with Crippen LogP contribution < -0.4 is 9.47 Å². The molecule has 0 N–H and O–H groups in total. The summed E-state index contributed by atoms with van der Waals surface area (Å²) in [7, 11) is 3.16. The Morgan fingerprint density at radius 1 is 1.05 bits per heavy atom. The summed E-state index contributed by atoms with van der Waals surface area (Å²) < 4.78 is 12.9. The van der Waals surface area contributed by atoms with Crippen LogP contribution in [0, 0.1) is 6.92 Å². The molecule has 108 valence electrons. The minimum absolute atomic E-state index is 0.0295. The van der Waals surface area contributed by atoms with Crippen LogP contribution in [0.25, 0.3) is 9.40 Å². The van der Waals surface area contributed by atoms with E-state index in [1.54, 1.807) is 31.6 Å². The molecule has 0 saturated carbocycles. The number of carbonyl (C=O) groups excluding carboxylic acids is 1. The van der Waals surface area contributed by atoms with Gasteiger partial charge in [-0.25, -0.2) is 0 Å². The quantitative estimate of drug-likeness (QED) is 0.664. The second-order valence-corrected chi connectivity index (χ2v) is 6.64. The molecule has 0 radical (unpaired) electrons. The van der Waals surface area contributed by atoms with Crippen LogP contribution in [0.2, 0.25) is 0 Å². The summed E-state index contributed by atoms with van der Waals surface area (Å²) in [5.41, 5.74) is 1.54. The van der Waals surface area contributed by atoms with Crippen LogP contribution in [0.1, 0.15) is 20.8 Å². The Morgan fingerprint density at radius 3 is 2.43 bits per heavy atom. The summed E-state index contributed by atoms with van der Waals surface area (Å²) in [5.74, 6) is 1.24. The van der Waals surface area contributed by atoms with Gasteiger partial charge in [-0.2, -0.15) is 0 Å². The number of ketones is 1. The molecule has 0 fully saturated rings. The van der Waals surface area contributed by atoms with Gasteiger partial charge < -0.3 is 9.47 Å². The zero-order valence-corrected chi connectivity index (χ0v) is 13.6. The van der Waals surface area contributed by atoms with Crippen molar-refractivity contribution in [2.45, 2.75) is 6.92 Å². The minimum Gasteiger partial charge on any atom is -0.493 e. The van der Waals surface area contributed by atoms with Gasteiger partial charge in [0, 0.05) is 15.0 Å². The van der Waals surface area contributed by atoms with E-state index in [0.29, 0.717) is 17.1 Å². The number of rotatable bonds is 4. The number of hydrogen-bond acceptors (Lipinski definition) is 5. The van der Waals surface area contributed by atoms with Gasteiger partial charge in [-0.3, -0.25) is 4.79 Å². The first-order chi connectivity index (χ1) is 10.1. The van der Waals surface area contributed by atoms with E-state index in [0.717, 1.165) is 19.8 Å². The van der Waals surface area contributed by atoms with Gasteiger partial charge in [0.1, 0.15) is 0 Å². The molecule has 0 atom stereocenters. The Kier molecular flexibility index (Phi) is 3.69. The molecule has 3 nitrogen and oxygen atoms in total. The van der Waals surface area contributed by atoms with Crippen LogP contribution in [0.15, 0.2) is 29.6 Å². The van der Waals surface area contributed by atoms with Gasteiger partial charge in [0.25, 0.3) is 0 Å². The third-order valence-corrected chi connectivity index (χ3v) is 5.43. The fourth-order valence-corrected chi connectivity index (χ4v) is 4.30. The smallest absolute Gasteiger partial charge is 0.203 e. The molecule has 21 heavy (non-hydrogen) atoms. The molecule has 2 heterocycles. The van der Waals surface area contributed by atoms with E-state index in [2.05, 4.69) is 0 Å². The lowest BCUT2D eigenvalue weighted by molar-refractivity contribution is 0.104. The van der Waals surface area contributed by atoms with Crippen molar-refractivity contribution < 1.29 is 14.3 Å². The largest absolute Gasteiger partial charge is 0.493 e. The first-order valence-electron chi connectivity index (χ1n) is 6.38. The predicted octanol–water partition coefficient (Wildman–Crippen LogP) is 4.52. The Hall–Kier alpha value is -1.85. The molecule has 0 aliphatic carbocycles. The van der Waals surface area contributed by atoms with Crippen LogP contribution in [-0.4, -0.2) is 20.0 Å². The topological polar surface area (TPSA) is 35.5 Å².